The molecular weight excluding hydrogens is 400 g/mol. The van der Waals surface area contributed by atoms with Crippen LogP contribution in [0.5, 0.6) is 0 Å². The van der Waals surface area contributed by atoms with Crippen molar-refractivity contribution in [3.05, 3.63) is 11.1 Å². The van der Waals surface area contributed by atoms with Crippen LogP contribution in [0.1, 0.15) is 74.7 Å². The third kappa shape index (κ3) is 5.66. The SMILES string of the molecule is CS(=O)(=O)NC(=O)c1csc(NC(=O)N(C2CCCCC2)C2CCCCC2)n1. The summed E-state index contributed by atoms with van der Waals surface area (Å²) in [6, 6.07) is 0.345. The third-order valence-electron chi connectivity index (χ3n) is 5.40. The molecule has 1 heterocycles. The van der Waals surface area contributed by atoms with Crippen molar-refractivity contribution in [2.24, 2.45) is 0 Å². The molecular formula is C18H28N4O4S2. The van der Waals surface area contributed by atoms with Crippen LogP contribution in [0.15, 0.2) is 5.38 Å². The third-order valence-corrected chi connectivity index (χ3v) is 6.71. The first-order chi connectivity index (χ1) is 13.3. The Hall–Kier alpha value is -1.68. The average Bonchev–Trinajstić information content (AvgIpc) is 3.11. The zero-order chi connectivity index (χ0) is 20.1. The summed E-state index contributed by atoms with van der Waals surface area (Å²) in [5.41, 5.74) is -0.0207. The van der Waals surface area contributed by atoms with Gasteiger partial charge in [0.1, 0.15) is 5.69 Å². The lowest BCUT2D eigenvalue weighted by Crippen LogP contribution is -2.50. The van der Waals surface area contributed by atoms with Crippen molar-refractivity contribution in [1.29, 1.82) is 0 Å². The van der Waals surface area contributed by atoms with Gasteiger partial charge in [0.15, 0.2) is 5.13 Å². The summed E-state index contributed by atoms with van der Waals surface area (Å²) >= 11 is 1.12. The maximum Gasteiger partial charge on any atom is 0.324 e. The van der Waals surface area contributed by atoms with E-state index in [1.165, 1.54) is 18.2 Å². The lowest BCUT2D eigenvalue weighted by molar-refractivity contribution is 0.0977. The fourth-order valence-electron chi connectivity index (χ4n) is 4.16. The van der Waals surface area contributed by atoms with Crippen molar-refractivity contribution in [3.8, 4) is 0 Å². The number of thiazole rings is 1. The summed E-state index contributed by atoms with van der Waals surface area (Å²) in [6.07, 6.45) is 12.1. The smallest absolute Gasteiger partial charge is 0.319 e. The maximum atomic E-state index is 13.1. The molecule has 2 aliphatic rings. The van der Waals surface area contributed by atoms with Gasteiger partial charge in [-0.3, -0.25) is 10.1 Å². The zero-order valence-electron chi connectivity index (χ0n) is 16.1. The van der Waals surface area contributed by atoms with Gasteiger partial charge < -0.3 is 4.90 Å². The van der Waals surface area contributed by atoms with Gasteiger partial charge in [-0.15, -0.1) is 11.3 Å². The molecule has 10 heteroatoms. The quantitative estimate of drug-likeness (QED) is 0.748. The lowest BCUT2D eigenvalue weighted by atomic mass is 9.89. The molecule has 156 valence electrons. The van der Waals surface area contributed by atoms with Crippen LogP contribution >= 0.6 is 11.3 Å². The Balaban J connectivity index is 1.70. The molecule has 0 unspecified atom stereocenters. The van der Waals surface area contributed by atoms with Crippen LogP contribution in [0.2, 0.25) is 0 Å². The Morgan fingerprint density at radius 3 is 2.07 bits per heavy atom. The number of rotatable bonds is 5. The normalized spacial score (nSPS) is 19.2. The highest BCUT2D eigenvalue weighted by Gasteiger charge is 2.33. The fraction of sp³-hybridized carbons (Fsp3) is 0.722. The van der Waals surface area contributed by atoms with E-state index in [2.05, 4.69) is 10.3 Å². The minimum Gasteiger partial charge on any atom is -0.319 e. The molecule has 0 aliphatic heterocycles. The van der Waals surface area contributed by atoms with Gasteiger partial charge >= 0.3 is 6.03 Å². The summed E-state index contributed by atoms with van der Waals surface area (Å²) in [4.78, 5) is 31.1. The Bertz CT molecular complexity index is 778. The Morgan fingerprint density at radius 1 is 1.04 bits per heavy atom. The predicted molar refractivity (Wildman–Crippen MR) is 109 cm³/mol. The van der Waals surface area contributed by atoms with Crippen molar-refractivity contribution in [3.63, 3.8) is 0 Å². The van der Waals surface area contributed by atoms with E-state index in [9.17, 15) is 18.0 Å². The average molecular weight is 429 g/mol. The van der Waals surface area contributed by atoms with E-state index in [-0.39, 0.29) is 23.8 Å². The molecule has 8 nitrogen and oxygen atoms in total. The predicted octanol–water partition coefficient (Wildman–Crippen LogP) is 3.33. The molecule has 3 amide bonds. The molecule has 0 radical (unpaired) electrons. The molecule has 2 N–H and O–H groups in total. The summed E-state index contributed by atoms with van der Waals surface area (Å²) in [5, 5.41) is 4.59. The largest absolute Gasteiger partial charge is 0.324 e. The Labute approximate surface area is 170 Å². The number of aromatic nitrogens is 1. The Kier molecular flexibility index (Phi) is 6.92. The van der Waals surface area contributed by atoms with E-state index in [0.717, 1.165) is 69.0 Å². The summed E-state index contributed by atoms with van der Waals surface area (Å²) < 4.78 is 24.3. The number of hydrogen-bond donors (Lipinski definition) is 2. The van der Waals surface area contributed by atoms with Gasteiger partial charge in [-0.2, -0.15) is 0 Å². The second-order valence-electron chi connectivity index (χ2n) is 7.66. The summed E-state index contributed by atoms with van der Waals surface area (Å²) in [6.45, 7) is 0. The molecule has 28 heavy (non-hydrogen) atoms. The monoisotopic (exact) mass is 428 g/mol. The molecule has 2 saturated carbocycles. The van der Waals surface area contributed by atoms with Crippen molar-refractivity contribution in [1.82, 2.24) is 14.6 Å². The molecule has 2 aliphatic carbocycles. The van der Waals surface area contributed by atoms with Crippen LogP contribution < -0.4 is 10.0 Å². The number of carbonyl (C=O) groups excluding carboxylic acids is 2. The molecule has 1 aromatic rings. The van der Waals surface area contributed by atoms with Crippen LogP contribution in [-0.4, -0.2) is 48.6 Å². The van der Waals surface area contributed by atoms with Crippen molar-refractivity contribution < 1.29 is 18.0 Å². The molecule has 0 aromatic carbocycles. The molecule has 0 bridgehead atoms. The van der Waals surface area contributed by atoms with E-state index < -0.39 is 15.9 Å². The molecule has 0 spiro atoms. The maximum absolute atomic E-state index is 13.1. The Morgan fingerprint density at radius 2 is 1.57 bits per heavy atom. The van der Waals surface area contributed by atoms with Crippen LogP contribution in [0, 0.1) is 0 Å². The summed E-state index contributed by atoms with van der Waals surface area (Å²) in [7, 11) is -3.66. The first kappa shape index (κ1) is 21.0. The van der Waals surface area contributed by atoms with Crippen molar-refractivity contribution >= 4 is 38.4 Å². The van der Waals surface area contributed by atoms with Crippen molar-refractivity contribution in [2.75, 3.05) is 11.6 Å². The number of amides is 3. The first-order valence-corrected chi connectivity index (χ1v) is 12.7. The van der Waals surface area contributed by atoms with E-state index in [1.807, 2.05) is 9.62 Å². The van der Waals surface area contributed by atoms with Gasteiger partial charge in [-0.05, 0) is 25.7 Å². The highest BCUT2D eigenvalue weighted by atomic mass is 32.2. The van der Waals surface area contributed by atoms with Gasteiger partial charge in [0.25, 0.3) is 5.91 Å². The zero-order valence-corrected chi connectivity index (χ0v) is 17.8. The topological polar surface area (TPSA) is 108 Å². The molecule has 3 rings (SSSR count). The van der Waals surface area contributed by atoms with Crippen LogP contribution in [0.25, 0.3) is 0 Å². The number of hydrogen-bond acceptors (Lipinski definition) is 6. The van der Waals surface area contributed by atoms with E-state index >= 15 is 0 Å². The second-order valence-corrected chi connectivity index (χ2v) is 10.3. The van der Waals surface area contributed by atoms with Crippen LogP contribution in [0.4, 0.5) is 9.93 Å². The minimum atomic E-state index is -3.66. The standard InChI is InChI=1S/C18H28N4O4S2/c1-28(25,26)21-16(23)15-12-27-17(19-15)20-18(24)22(13-8-4-2-5-9-13)14-10-6-3-7-11-14/h12-14H,2-11H2,1H3,(H,21,23)(H,19,20,24). The highest BCUT2D eigenvalue weighted by Crippen LogP contribution is 2.31. The number of urea groups is 1. The van der Waals surface area contributed by atoms with Gasteiger partial charge in [-0.1, -0.05) is 38.5 Å². The minimum absolute atomic E-state index is 0.0207. The van der Waals surface area contributed by atoms with Crippen LogP contribution in [0.3, 0.4) is 0 Å². The highest BCUT2D eigenvalue weighted by molar-refractivity contribution is 7.89. The van der Waals surface area contributed by atoms with E-state index in [1.54, 1.807) is 0 Å². The van der Waals surface area contributed by atoms with Gasteiger partial charge in [-0.25, -0.2) is 22.9 Å². The number of carbonyl (C=O) groups is 2. The molecule has 0 saturated heterocycles. The number of sulfonamides is 1. The van der Waals surface area contributed by atoms with Crippen LogP contribution in [-0.2, 0) is 10.0 Å². The van der Waals surface area contributed by atoms with Gasteiger partial charge in [0, 0.05) is 17.5 Å². The molecule has 2 fully saturated rings. The number of nitrogens with one attached hydrogen (secondary N) is 2. The van der Waals surface area contributed by atoms with Crippen molar-refractivity contribution in [2.45, 2.75) is 76.3 Å². The van der Waals surface area contributed by atoms with Gasteiger partial charge in [0.2, 0.25) is 10.0 Å². The number of nitrogens with zero attached hydrogens (tertiary/aromatic N) is 2. The number of anilines is 1. The fourth-order valence-corrected chi connectivity index (χ4v) is 5.28. The lowest BCUT2D eigenvalue weighted by Gasteiger charge is -2.41. The first-order valence-electron chi connectivity index (χ1n) is 9.90. The van der Waals surface area contributed by atoms with E-state index in [0.29, 0.717) is 5.13 Å². The second kappa shape index (κ2) is 9.21. The van der Waals surface area contributed by atoms with E-state index in [4.69, 9.17) is 0 Å². The molecule has 0 atom stereocenters. The molecule has 1 aromatic heterocycles. The van der Waals surface area contributed by atoms with Gasteiger partial charge in [0.05, 0.1) is 6.26 Å². The summed E-state index contributed by atoms with van der Waals surface area (Å²) in [5.74, 6) is -0.796.